The van der Waals surface area contributed by atoms with Gasteiger partial charge in [0.15, 0.2) is 12.1 Å². The quantitative estimate of drug-likeness (QED) is 0.137. The van der Waals surface area contributed by atoms with Crippen molar-refractivity contribution in [3.05, 3.63) is 136 Å². The van der Waals surface area contributed by atoms with Crippen molar-refractivity contribution in [3.63, 3.8) is 0 Å². The largest absolute Gasteiger partial charge is 0.451 e. The van der Waals surface area contributed by atoms with E-state index in [-0.39, 0.29) is 18.0 Å². The van der Waals surface area contributed by atoms with E-state index in [9.17, 15) is 19.2 Å². The van der Waals surface area contributed by atoms with Gasteiger partial charge in [-0.1, -0.05) is 84.9 Å². The number of carbonyl (C=O) groups is 4. The normalized spacial score (nSPS) is 18.9. The molecule has 2 aliphatic heterocycles. The van der Waals surface area contributed by atoms with E-state index >= 15 is 0 Å². The second kappa shape index (κ2) is 13.5. The number of hydrogen-bond donors (Lipinski definition) is 2. The van der Waals surface area contributed by atoms with Crippen LogP contribution in [0.25, 0.3) is 0 Å². The van der Waals surface area contributed by atoms with Crippen molar-refractivity contribution in [2.24, 2.45) is 0 Å². The van der Waals surface area contributed by atoms with E-state index in [1.165, 1.54) is 28.0 Å². The van der Waals surface area contributed by atoms with Gasteiger partial charge in [-0.15, -0.1) is 23.1 Å². The van der Waals surface area contributed by atoms with Crippen molar-refractivity contribution in [1.82, 2.24) is 15.5 Å². The van der Waals surface area contributed by atoms with Gasteiger partial charge >= 0.3 is 5.97 Å². The first kappa shape index (κ1) is 29.7. The number of amides is 3. The summed E-state index contributed by atoms with van der Waals surface area (Å²) in [7, 11) is 0. The van der Waals surface area contributed by atoms with Crippen LogP contribution < -0.4 is 10.6 Å². The molecular weight excluding hydrogens is 615 g/mol. The monoisotopic (exact) mass is 641 g/mol. The fraction of sp³-hybridized carbons (Fsp3) is 0.152. The molecule has 3 atom stereocenters. The van der Waals surface area contributed by atoms with Crippen molar-refractivity contribution in [1.29, 1.82) is 0 Å². The smallest absolute Gasteiger partial charge is 0.336 e. The predicted molar refractivity (Wildman–Crippen MR) is 172 cm³/mol. The number of benzene rings is 3. The highest BCUT2D eigenvalue weighted by molar-refractivity contribution is 8.13. The highest BCUT2D eigenvalue weighted by atomic mass is 32.2. The Bertz CT molecular complexity index is 1630. The number of β-lactam (4-membered cyclic amide) rings is 1. The molecular formula is C33H27N3O5S3. The Morgan fingerprint density at radius 2 is 1.50 bits per heavy atom. The van der Waals surface area contributed by atoms with Crippen molar-refractivity contribution in [2.45, 2.75) is 34.9 Å². The van der Waals surface area contributed by atoms with Gasteiger partial charge in [0.25, 0.3) is 5.24 Å². The van der Waals surface area contributed by atoms with Crippen molar-refractivity contribution in [3.8, 4) is 0 Å². The van der Waals surface area contributed by atoms with E-state index in [2.05, 4.69) is 10.6 Å². The van der Waals surface area contributed by atoms with Crippen molar-refractivity contribution >= 4 is 57.9 Å². The summed E-state index contributed by atoms with van der Waals surface area (Å²) < 4.78 is 6.15. The molecule has 0 aliphatic carbocycles. The summed E-state index contributed by atoms with van der Waals surface area (Å²) in [6, 6.07) is 29.5. The van der Waals surface area contributed by atoms with Gasteiger partial charge in [-0.25, -0.2) is 4.79 Å². The number of ether oxygens (including phenoxy) is 1. The van der Waals surface area contributed by atoms with Crippen molar-refractivity contribution in [2.75, 3.05) is 0 Å². The third kappa shape index (κ3) is 6.59. The maximum absolute atomic E-state index is 14.1. The zero-order chi connectivity index (χ0) is 30.5. The molecule has 2 N–H and O–H groups in total. The molecule has 3 amide bonds. The Hall–Kier alpha value is -4.32. The van der Waals surface area contributed by atoms with Crippen LogP contribution in [0.4, 0.5) is 4.79 Å². The van der Waals surface area contributed by atoms with Gasteiger partial charge in [0.1, 0.15) is 11.4 Å². The summed E-state index contributed by atoms with van der Waals surface area (Å²) in [6.45, 7) is 0. The molecule has 0 spiro atoms. The van der Waals surface area contributed by atoms with Crippen molar-refractivity contribution < 1.29 is 23.9 Å². The minimum absolute atomic E-state index is 0.161. The molecule has 3 aromatic carbocycles. The molecule has 3 heterocycles. The van der Waals surface area contributed by atoms with E-state index in [1.807, 2.05) is 109 Å². The first-order chi connectivity index (χ1) is 21.5. The number of hydrogen-bond acceptors (Lipinski definition) is 8. The molecule has 1 fully saturated rings. The molecule has 1 saturated heterocycles. The fourth-order valence-electron chi connectivity index (χ4n) is 5.03. The lowest BCUT2D eigenvalue weighted by Gasteiger charge is -2.51. The minimum atomic E-state index is -1.21. The third-order valence-electron chi connectivity index (χ3n) is 7.08. The lowest BCUT2D eigenvalue weighted by atomic mass is 9.99. The molecule has 1 aromatic heterocycles. The van der Waals surface area contributed by atoms with Crippen LogP contribution in [0, 0.1) is 0 Å². The summed E-state index contributed by atoms with van der Waals surface area (Å²) in [5.74, 6) is -1.39. The average Bonchev–Trinajstić information content (AvgIpc) is 3.56. The average molecular weight is 642 g/mol. The zero-order valence-electron chi connectivity index (χ0n) is 23.2. The van der Waals surface area contributed by atoms with Gasteiger partial charge < -0.3 is 20.3 Å². The Labute approximate surface area is 266 Å². The van der Waals surface area contributed by atoms with E-state index in [0.717, 1.165) is 32.7 Å². The standard InChI is InChI=1S/C33H27N3O5S3/c37-26(19-24-17-10-18-42-24)35-27-30(38)36-28(25(20-43-31(27)36)34-33(40)44-23-15-8-3-9-16-23)32(39)41-29(21-11-4-1-5-12-21)22-13-6-2-7-14-22/h1-18,20,27-29,31H,19H2,(H,34,40)(H,35,37)/t27?,28?,31-/m0/s1. The van der Waals surface area contributed by atoms with Crippen LogP contribution in [-0.2, 0) is 25.5 Å². The molecule has 6 rings (SSSR count). The molecule has 0 radical (unpaired) electrons. The summed E-state index contributed by atoms with van der Waals surface area (Å²) in [6.07, 6.45) is -0.584. The van der Waals surface area contributed by atoms with Gasteiger partial charge in [-0.2, -0.15) is 0 Å². The first-order valence-electron chi connectivity index (χ1n) is 13.8. The van der Waals surface area contributed by atoms with Crippen LogP contribution in [0.15, 0.2) is 125 Å². The number of fused-ring (bicyclic) bond motifs is 1. The van der Waals surface area contributed by atoms with Crippen LogP contribution in [0.5, 0.6) is 0 Å². The Morgan fingerprint density at radius 3 is 2.11 bits per heavy atom. The summed E-state index contributed by atoms with van der Waals surface area (Å²) in [5, 5.41) is 8.26. The molecule has 0 bridgehead atoms. The lowest BCUT2D eigenvalue weighted by Crippen LogP contribution is -2.74. The second-order valence-corrected chi connectivity index (χ2v) is 13.1. The summed E-state index contributed by atoms with van der Waals surface area (Å²) >= 11 is 3.71. The summed E-state index contributed by atoms with van der Waals surface area (Å²) in [4.78, 5) is 56.4. The number of esters is 1. The molecule has 44 heavy (non-hydrogen) atoms. The van der Waals surface area contributed by atoms with Crippen LogP contribution >= 0.6 is 34.9 Å². The number of nitrogens with one attached hydrogen (secondary N) is 2. The lowest BCUT2D eigenvalue weighted by molar-refractivity contribution is -0.165. The van der Waals surface area contributed by atoms with Gasteiger partial charge in [0.2, 0.25) is 11.8 Å². The van der Waals surface area contributed by atoms with E-state index in [0.29, 0.717) is 0 Å². The molecule has 11 heteroatoms. The number of thiophene rings is 1. The highest BCUT2D eigenvalue weighted by Gasteiger charge is 2.56. The Balaban J connectivity index is 1.25. The fourth-order valence-corrected chi connectivity index (χ4v) is 7.58. The first-order valence-corrected chi connectivity index (χ1v) is 16.5. The van der Waals surface area contributed by atoms with Gasteiger partial charge in [0.05, 0.1) is 12.1 Å². The Morgan fingerprint density at radius 1 is 0.864 bits per heavy atom. The van der Waals surface area contributed by atoms with Crippen LogP contribution in [-0.4, -0.2) is 45.4 Å². The number of thioether (sulfide) groups is 2. The molecule has 0 saturated carbocycles. The molecule has 2 unspecified atom stereocenters. The highest BCUT2D eigenvalue weighted by Crippen LogP contribution is 2.41. The molecule has 8 nitrogen and oxygen atoms in total. The third-order valence-corrected chi connectivity index (χ3v) is 9.92. The van der Waals surface area contributed by atoms with Gasteiger partial charge in [-0.05, 0) is 51.9 Å². The van der Waals surface area contributed by atoms with Crippen LogP contribution in [0.1, 0.15) is 22.1 Å². The maximum atomic E-state index is 14.1. The van der Waals surface area contributed by atoms with Crippen LogP contribution in [0.3, 0.4) is 0 Å². The minimum Gasteiger partial charge on any atom is -0.451 e. The molecule has 222 valence electrons. The van der Waals surface area contributed by atoms with Gasteiger partial charge in [0, 0.05) is 9.77 Å². The molecule has 4 aromatic rings. The van der Waals surface area contributed by atoms with Crippen LogP contribution in [0.2, 0.25) is 0 Å². The SMILES string of the molecule is O=C(Cc1cccs1)NC1C(=O)N2C(C(=O)OC(c3ccccc3)c3ccccc3)C(NC(=O)Sc3ccccc3)=CS[C@@H]12. The van der Waals surface area contributed by atoms with Gasteiger partial charge in [-0.3, -0.25) is 14.4 Å². The molecule has 2 aliphatic rings. The number of rotatable bonds is 9. The van der Waals surface area contributed by atoms with E-state index in [1.54, 1.807) is 5.41 Å². The summed E-state index contributed by atoms with van der Waals surface area (Å²) in [5.41, 5.74) is 1.76. The predicted octanol–water partition coefficient (Wildman–Crippen LogP) is 5.74. The zero-order valence-corrected chi connectivity index (χ0v) is 25.6. The maximum Gasteiger partial charge on any atom is 0.336 e. The topological polar surface area (TPSA) is 105 Å². The Kier molecular flexibility index (Phi) is 9.15. The second-order valence-electron chi connectivity index (χ2n) is 10.0. The van der Waals surface area contributed by atoms with E-state index in [4.69, 9.17) is 4.74 Å². The number of nitrogens with zero attached hydrogens (tertiary/aromatic N) is 1. The van der Waals surface area contributed by atoms with E-state index < -0.39 is 40.7 Å². The number of carbonyl (C=O) groups excluding carboxylic acids is 4.